The Hall–Kier alpha value is -1.67. The highest BCUT2D eigenvalue weighted by molar-refractivity contribution is 5.79. The van der Waals surface area contributed by atoms with Crippen molar-refractivity contribution < 1.29 is 24.5 Å². The highest BCUT2D eigenvalue weighted by Gasteiger charge is 2.44. The van der Waals surface area contributed by atoms with Gasteiger partial charge in [0.05, 0.1) is 18.3 Å². The number of likely N-dealkylation sites (tertiary alicyclic amines) is 1. The van der Waals surface area contributed by atoms with Crippen LogP contribution in [0.1, 0.15) is 82.6 Å². The van der Waals surface area contributed by atoms with E-state index in [1.165, 1.54) is 32.1 Å². The number of hydrogen-bond donors (Lipinski definition) is 3. The van der Waals surface area contributed by atoms with Gasteiger partial charge < -0.3 is 30.3 Å². The molecule has 1 aromatic rings. The van der Waals surface area contributed by atoms with E-state index in [0.29, 0.717) is 51.5 Å². The van der Waals surface area contributed by atoms with Crippen LogP contribution in [0.5, 0.6) is 5.75 Å². The first-order chi connectivity index (χ1) is 17.9. The molecule has 7 heteroatoms. The molecule has 0 radical (unpaired) electrons. The summed E-state index contributed by atoms with van der Waals surface area (Å²) in [7, 11) is 1.71. The van der Waals surface area contributed by atoms with Gasteiger partial charge in [0.2, 0.25) is 5.91 Å². The van der Waals surface area contributed by atoms with Crippen molar-refractivity contribution in [1.29, 1.82) is 0 Å². The van der Waals surface area contributed by atoms with Gasteiger partial charge in [-0.15, -0.1) is 0 Å². The number of aliphatic hydroxyl groups is 2. The molecule has 4 N–H and O–H groups in total. The third-order valence-corrected chi connectivity index (χ3v) is 9.04. The van der Waals surface area contributed by atoms with E-state index in [9.17, 15) is 15.0 Å². The maximum atomic E-state index is 13.4. The molecule has 1 saturated heterocycles. The molecule has 1 aliphatic heterocycles. The second-order valence-corrected chi connectivity index (χ2v) is 11.7. The van der Waals surface area contributed by atoms with Crippen LogP contribution >= 0.6 is 0 Å². The lowest BCUT2D eigenvalue weighted by atomic mass is 9.73. The summed E-state index contributed by atoms with van der Waals surface area (Å²) in [6, 6.07) is 7.64. The minimum Gasteiger partial charge on any atom is -0.493 e. The lowest BCUT2D eigenvalue weighted by molar-refractivity contribution is -0.141. The van der Waals surface area contributed by atoms with Gasteiger partial charge in [0.25, 0.3) is 0 Å². The van der Waals surface area contributed by atoms with Crippen molar-refractivity contribution in [3.05, 3.63) is 29.8 Å². The Morgan fingerprint density at radius 3 is 2.62 bits per heavy atom. The van der Waals surface area contributed by atoms with E-state index in [-0.39, 0.29) is 23.8 Å². The van der Waals surface area contributed by atoms with Crippen LogP contribution in [0.2, 0.25) is 0 Å². The monoisotopic (exact) mass is 516 g/mol. The van der Waals surface area contributed by atoms with E-state index >= 15 is 0 Å². The minimum atomic E-state index is -1.10. The Labute approximate surface area is 222 Å². The van der Waals surface area contributed by atoms with Gasteiger partial charge in [0, 0.05) is 50.2 Å². The third-order valence-electron chi connectivity index (χ3n) is 9.04. The van der Waals surface area contributed by atoms with Crippen molar-refractivity contribution >= 4 is 5.91 Å². The molecule has 3 aliphatic rings. The molecule has 0 aromatic heterocycles. The van der Waals surface area contributed by atoms with Gasteiger partial charge in [-0.2, -0.15) is 0 Å². The number of piperidine rings is 1. The Morgan fingerprint density at radius 1 is 1.11 bits per heavy atom. The number of carbonyl (C=O) groups excluding carboxylic acids is 1. The predicted octanol–water partition coefficient (Wildman–Crippen LogP) is 3.99. The highest BCUT2D eigenvalue weighted by atomic mass is 16.5. The molecular weight excluding hydrogens is 468 g/mol. The highest BCUT2D eigenvalue weighted by Crippen LogP contribution is 2.44. The van der Waals surface area contributed by atoms with Crippen LogP contribution in [0, 0.1) is 17.8 Å². The van der Waals surface area contributed by atoms with Crippen molar-refractivity contribution in [3.63, 3.8) is 0 Å². The number of rotatable bonds is 11. The van der Waals surface area contributed by atoms with Gasteiger partial charge in [-0.3, -0.25) is 4.79 Å². The van der Waals surface area contributed by atoms with Gasteiger partial charge in [-0.25, -0.2) is 0 Å². The average molecular weight is 517 g/mol. The number of unbranched alkanes of at least 4 members (excludes halogenated alkanes) is 1. The Balaban J connectivity index is 1.52. The van der Waals surface area contributed by atoms with E-state index < -0.39 is 11.7 Å². The number of nitrogens with two attached hydrogens (primary N) is 1. The predicted molar refractivity (Wildman–Crippen MR) is 144 cm³/mol. The average Bonchev–Trinajstić information content (AvgIpc) is 3.28. The smallest absolute Gasteiger partial charge is 0.225 e. The van der Waals surface area contributed by atoms with E-state index in [1.807, 2.05) is 29.2 Å². The fraction of sp³-hybridized carbons (Fsp3) is 0.767. The van der Waals surface area contributed by atoms with E-state index in [4.69, 9.17) is 15.2 Å². The first-order valence-corrected chi connectivity index (χ1v) is 14.6. The van der Waals surface area contributed by atoms with E-state index in [1.54, 1.807) is 7.11 Å². The van der Waals surface area contributed by atoms with Crippen LogP contribution in [-0.2, 0) is 15.1 Å². The standard InChI is InChI=1S/C30H48N2O5/c1-36-17-8-7-15-30(35,25-13-5-6-14-28(25)37-21-22-10-3-2-4-11-22)24-12-9-16-32(20-24)29(34)23-18-26(31)27(33)19-23/h5-6,13-14,22-24,26-27,33,35H,2-4,7-12,15-21,31H2,1H3. The van der Waals surface area contributed by atoms with Gasteiger partial charge in [0.15, 0.2) is 0 Å². The lowest BCUT2D eigenvalue weighted by Crippen LogP contribution is -2.49. The molecule has 0 bridgehead atoms. The number of nitrogens with zero attached hydrogens (tertiary/aromatic N) is 1. The molecular formula is C30H48N2O5. The molecule has 3 fully saturated rings. The molecule has 208 valence electrons. The van der Waals surface area contributed by atoms with Crippen molar-refractivity contribution in [3.8, 4) is 5.75 Å². The normalized spacial score (nSPS) is 28.7. The number of para-hydroxylation sites is 1. The molecule has 5 atom stereocenters. The molecule has 1 aromatic carbocycles. The molecule has 2 saturated carbocycles. The van der Waals surface area contributed by atoms with E-state index in [2.05, 4.69) is 0 Å². The fourth-order valence-corrected chi connectivity index (χ4v) is 6.79. The molecule has 7 nitrogen and oxygen atoms in total. The fourth-order valence-electron chi connectivity index (χ4n) is 6.79. The molecule has 37 heavy (non-hydrogen) atoms. The zero-order valence-corrected chi connectivity index (χ0v) is 22.7. The summed E-state index contributed by atoms with van der Waals surface area (Å²) >= 11 is 0. The number of methoxy groups -OCH3 is 1. The summed E-state index contributed by atoms with van der Waals surface area (Å²) < 4.78 is 11.7. The lowest BCUT2D eigenvalue weighted by Gasteiger charge is -2.44. The summed E-state index contributed by atoms with van der Waals surface area (Å²) in [4.78, 5) is 15.3. The number of hydrogen-bond acceptors (Lipinski definition) is 6. The first kappa shape index (κ1) is 28.3. The van der Waals surface area contributed by atoms with Crippen molar-refractivity contribution in [2.75, 3.05) is 33.4 Å². The molecule has 1 heterocycles. The van der Waals surface area contributed by atoms with Crippen LogP contribution in [0.4, 0.5) is 0 Å². The Bertz CT molecular complexity index is 850. The quantitative estimate of drug-likeness (QED) is 0.384. The number of ether oxygens (including phenoxy) is 2. The van der Waals surface area contributed by atoms with Crippen LogP contribution < -0.4 is 10.5 Å². The van der Waals surface area contributed by atoms with Gasteiger partial charge >= 0.3 is 0 Å². The second-order valence-electron chi connectivity index (χ2n) is 11.7. The van der Waals surface area contributed by atoms with Gasteiger partial charge in [0.1, 0.15) is 5.75 Å². The first-order valence-electron chi connectivity index (χ1n) is 14.6. The third kappa shape index (κ3) is 7.05. The minimum absolute atomic E-state index is 0.0697. The topological polar surface area (TPSA) is 105 Å². The van der Waals surface area contributed by atoms with Crippen LogP contribution in [0.15, 0.2) is 24.3 Å². The number of carbonyl (C=O) groups is 1. The molecule has 4 rings (SSSR count). The maximum absolute atomic E-state index is 13.4. The number of amides is 1. The van der Waals surface area contributed by atoms with Gasteiger partial charge in [-0.1, -0.05) is 37.5 Å². The van der Waals surface area contributed by atoms with Gasteiger partial charge in [-0.05, 0) is 69.8 Å². The van der Waals surface area contributed by atoms with Crippen molar-refractivity contribution in [2.45, 2.75) is 94.8 Å². The molecule has 2 aliphatic carbocycles. The molecule has 0 spiro atoms. The molecule has 5 unspecified atom stereocenters. The summed E-state index contributed by atoms with van der Waals surface area (Å²) in [6.07, 6.45) is 10.6. The van der Waals surface area contributed by atoms with Crippen molar-refractivity contribution in [1.82, 2.24) is 4.90 Å². The largest absolute Gasteiger partial charge is 0.493 e. The Morgan fingerprint density at radius 2 is 1.89 bits per heavy atom. The summed E-state index contributed by atoms with van der Waals surface area (Å²) in [5.41, 5.74) is 5.75. The maximum Gasteiger partial charge on any atom is 0.225 e. The molecule has 1 amide bonds. The van der Waals surface area contributed by atoms with Crippen LogP contribution in [0.3, 0.4) is 0 Å². The zero-order valence-electron chi connectivity index (χ0n) is 22.7. The second kappa shape index (κ2) is 13.4. The van der Waals surface area contributed by atoms with E-state index in [0.717, 1.165) is 37.0 Å². The number of benzene rings is 1. The zero-order chi connectivity index (χ0) is 26.3. The summed E-state index contributed by atoms with van der Waals surface area (Å²) in [5.74, 6) is 1.10. The summed E-state index contributed by atoms with van der Waals surface area (Å²) in [6.45, 7) is 2.56. The number of aliphatic hydroxyl groups excluding tert-OH is 1. The van der Waals surface area contributed by atoms with Crippen LogP contribution in [-0.4, -0.2) is 66.6 Å². The van der Waals surface area contributed by atoms with Crippen LogP contribution in [0.25, 0.3) is 0 Å². The summed E-state index contributed by atoms with van der Waals surface area (Å²) in [5, 5.41) is 22.6. The van der Waals surface area contributed by atoms with Crippen molar-refractivity contribution in [2.24, 2.45) is 23.5 Å². The Kier molecular flexibility index (Phi) is 10.3. The SMILES string of the molecule is COCCCCC(O)(c1ccccc1OCC1CCCCC1)C1CCCN(C(=O)C2CC(N)C(O)C2)C1.